The summed E-state index contributed by atoms with van der Waals surface area (Å²) < 4.78 is 5.18. The molecule has 3 atom stereocenters. The van der Waals surface area contributed by atoms with Crippen LogP contribution in [0, 0.1) is 11.8 Å². The minimum absolute atomic E-state index is 0.0711. The second-order valence-electron chi connectivity index (χ2n) is 5.42. The third-order valence-electron chi connectivity index (χ3n) is 4.10. The van der Waals surface area contributed by atoms with Crippen LogP contribution in [-0.2, 0) is 20.9 Å². The Labute approximate surface area is 127 Å². The van der Waals surface area contributed by atoms with Crippen LogP contribution in [0.2, 0.25) is 0 Å². The lowest BCUT2D eigenvalue weighted by molar-refractivity contribution is -0.142. The Morgan fingerprint density at radius 1 is 1.27 bits per heavy atom. The number of likely N-dealkylation sites (tertiary alicyclic amines) is 1. The summed E-state index contributed by atoms with van der Waals surface area (Å²) >= 11 is 0. The first kappa shape index (κ1) is 14.3. The third kappa shape index (κ3) is 2.47. The number of rotatable bonds is 3. The Morgan fingerprint density at radius 2 is 2.00 bits per heavy atom. The minimum atomic E-state index is -1.12. The topological polar surface area (TPSA) is 83.9 Å². The highest BCUT2D eigenvalue weighted by Crippen LogP contribution is 2.36. The molecule has 22 heavy (non-hydrogen) atoms. The Bertz CT molecular complexity index is 639. The summed E-state index contributed by atoms with van der Waals surface area (Å²) in [7, 11) is 0. The van der Waals surface area contributed by atoms with E-state index in [9.17, 15) is 19.5 Å². The van der Waals surface area contributed by atoms with Crippen LogP contribution in [0.5, 0.6) is 0 Å². The SMILES string of the molecule is O=C1C=CC2C1CN(C(=O)OCc1ccccc1)C2C(=O)O. The summed E-state index contributed by atoms with van der Waals surface area (Å²) in [5.41, 5.74) is 0.818. The van der Waals surface area contributed by atoms with Crippen LogP contribution in [0.1, 0.15) is 5.56 Å². The largest absolute Gasteiger partial charge is 0.480 e. The molecule has 6 heteroatoms. The minimum Gasteiger partial charge on any atom is -0.480 e. The van der Waals surface area contributed by atoms with Crippen molar-refractivity contribution in [1.29, 1.82) is 0 Å². The van der Waals surface area contributed by atoms with Crippen molar-refractivity contribution >= 4 is 17.8 Å². The van der Waals surface area contributed by atoms with Gasteiger partial charge < -0.3 is 9.84 Å². The summed E-state index contributed by atoms with van der Waals surface area (Å²) in [6, 6.07) is 8.08. The lowest BCUT2D eigenvalue weighted by Gasteiger charge is -2.22. The van der Waals surface area contributed by atoms with Crippen molar-refractivity contribution in [3.63, 3.8) is 0 Å². The molecule has 1 N–H and O–H groups in total. The summed E-state index contributed by atoms with van der Waals surface area (Å²) in [4.78, 5) is 36.5. The van der Waals surface area contributed by atoms with Gasteiger partial charge in [-0.15, -0.1) is 0 Å². The lowest BCUT2D eigenvalue weighted by Crippen LogP contribution is -2.43. The maximum Gasteiger partial charge on any atom is 0.410 e. The van der Waals surface area contributed by atoms with Gasteiger partial charge >= 0.3 is 12.1 Å². The molecule has 3 unspecified atom stereocenters. The van der Waals surface area contributed by atoms with E-state index in [0.29, 0.717) is 0 Å². The van der Waals surface area contributed by atoms with Gasteiger partial charge in [-0.3, -0.25) is 9.69 Å². The number of ketones is 1. The number of hydrogen-bond acceptors (Lipinski definition) is 4. The molecule has 0 spiro atoms. The summed E-state index contributed by atoms with van der Waals surface area (Å²) in [5, 5.41) is 9.36. The molecule has 1 aliphatic carbocycles. The van der Waals surface area contributed by atoms with E-state index in [1.807, 2.05) is 30.3 Å². The van der Waals surface area contributed by atoms with E-state index < -0.39 is 29.9 Å². The number of amides is 1. The fourth-order valence-corrected chi connectivity index (χ4v) is 3.01. The van der Waals surface area contributed by atoms with Crippen LogP contribution in [0.3, 0.4) is 0 Å². The van der Waals surface area contributed by atoms with Gasteiger partial charge in [-0.2, -0.15) is 0 Å². The zero-order chi connectivity index (χ0) is 15.7. The number of ether oxygens (including phenoxy) is 1. The highest BCUT2D eigenvalue weighted by atomic mass is 16.6. The maximum atomic E-state index is 12.2. The summed E-state index contributed by atoms with van der Waals surface area (Å²) in [5.74, 6) is -2.18. The number of carbonyl (C=O) groups is 3. The van der Waals surface area contributed by atoms with Crippen LogP contribution < -0.4 is 0 Å². The standard InChI is InChI=1S/C16H15NO5/c18-13-7-6-11-12(13)8-17(14(11)15(19)20)16(21)22-9-10-4-2-1-3-5-10/h1-7,11-12,14H,8-9H2,(H,19,20). The Hall–Kier alpha value is -2.63. The van der Waals surface area contributed by atoms with Crippen molar-refractivity contribution in [2.24, 2.45) is 11.8 Å². The smallest absolute Gasteiger partial charge is 0.410 e. The van der Waals surface area contributed by atoms with Crippen molar-refractivity contribution in [3.8, 4) is 0 Å². The normalized spacial score (nSPS) is 26.1. The number of allylic oxidation sites excluding steroid dienone is 1. The number of nitrogens with zero attached hydrogens (tertiary/aromatic N) is 1. The molecular formula is C16H15NO5. The highest BCUT2D eigenvalue weighted by molar-refractivity contribution is 5.97. The first-order valence-corrected chi connectivity index (χ1v) is 7.00. The highest BCUT2D eigenvalue weighted by Gasteiger charge is 2.51. The van der Waals surface area contributed by atoms with Gasteiger partial charge in [0.15, 0.2) is 5.78 Å². The van der Waals surface area contributed by atoms with Gasteiger partial charge in [-0.05, 0) is 11.6 Å². The van der Waals surface area contributed by atoms with E-state index in [-0.39, 0.29) is 18.9 Å². The van der Waals surface area contributed by atoms with Crippen molar-refractivity contribution < 1.29 is 24.2 Å². The number of carboxylic acids is 1. The second-order valence-corrected chi connectivity index (χ2v) is 5.42. The quantitative estimate of drug-likeness (QED) is 0.913. The van der Waals surface area contributed by atoms with Crippen LogP contribution in [0.4, 0.5) is 4.79 Å². The lowest BCUT2D eigenvalue weighted by atomic mass is 9.93. The van der Waals surface area contributed by atoms with Gasteiger partial charge in [-0.25, -0.2) is 9.59 Å². The van der Waals surface area contributed by atoms with Crippen LogP contribution in [0.15, 0.2) is 42.5 Å². The molecule has 0 radical (unpaired) electrons. The number of hydrogen-bond donors (Lipinski definition) is 1. The van der Waals surface area contributed by atoms with Gasteiger partial charge in [-0.1, -0.05) is 36.4 Å². The second kappa shape index (κ2) is 5.63. The van der Waals surface area contributed by atoms with E-state index >= 15 is 0 Å². The molecule has 1 heterocycles. The van der Waals surface area contributed by atoms with Gasteiger partial charge in [0.2, 0.25) is 0 Å². The number of aliphatic carboxylic acids is 1. The number of benzene rings is 1. The van der Waals surface area contributed by atoms with Crippen LogP contribution in [-0.4, -0.2) is 40.4 Å². The average molecular weight is 301 g/mol. The van der Waals surface area contributed by atoms with Crippen molar-refractivity contribution in [2.75, 3.05) is 6.54 Å². The summed E-state index contributed by atoms with van der Waals surface area (Å²) in [6.07, 6.45) is 2.28. The van der Waals surface area contributed by atoms with E-state index in [0.717, 1.165) is 10.5 Å². The zero-order valence-electron chi connectivity index (χ0n) is 11.7. The molecule has 114 valence electrons. The molecule has 1 fully saturated rings. The van der Waals surface area contributed by atoms with Gasteiger partial charge in [0.05, 0.1) is 0 Å². The van der Waals surface area contributed by atoms with E-state index in [2.05, 4.69) is 0 Å². The monoisotopic (exact) mass is 301 g/mol. The van der Waals surface area contributed by atoms with Gasteiger partial charge in [0.1, 0.15) is 12.6 Å². The predicted octanol–water partition coefficient (Wildman–Crippen LogP) is 1.46. The predicted molar refractivity (Wildman–Crippen MR) is 75.9 cm³/mol. The molecule has 1 saturated heterocycles. The van der Waals surface area contributed by atoms with Crippen LogP contribution >= 0.6 is 0 Å². The molecule has 0 bridgehead atoms. The molecule has 1 aromatic rings. The van der Waals surface area contributed by atoms with Crippen LogP contribution in [0.25, 0.3) is 0 Å². The van der Waals surface area contributed by atoms with Gasteiger partial charge in [0, 0.05) is 18.4 Å². The van der Waals surface area contributed by atoms with Crippen molar-refractivity contribution in [2.45, 2.75) is 12.6 Å². The Kier molecular flexibility index (Phi) is 3.66. The van der Waals surface area contributed by atoms with E-state index in [4.69, 9.17) is 4.74 Å². The Morgan fingerprint density at radius 3 is 2.68 bits per heavy atom. The molecule has 1 aliphatic heterocycles. The number of fused-ring (bicyclic) bond motifs is 1. The summed E-state index contributed by atoms with van der Waals surface area (Å²) in [6.45, 7) is 0.155. The molecule has 6 nitrogen and oxygen atoms in total. The molecular weight excluding hydrogens is 286 g/mol. The van der Waals surface area contributed by atoms with Crippen molar-refractivity contribution in [3.05, 3.63) is 48.0 Å². The molecule has 3 rings (SSSR count). The molecule has 0 saturated carbocycles. The first-order chi connectivity index (χ1) is 10.6. The maximum absolute atomic E-state index is 12.2. The third-order valence-corrected chi connectivity index (χ3v) is 4.10. The molecule has 1 amide bonds. The molecule has 0 aromatic heterocycles. The Balaban J connectivity index is 1.70. The molecule has 2 aliphatic rings. The molecule has 1 aromatic carbocycles. The fourth-order valence-electron chi connectivity index (χ4n) is 3.01. The van der Waals surface area contributed by atoms with Gasteiger partial charge in [0.25, 0.3) is 0 Å². The average Bonchev–Trinajstić information content (AvgIpc) is 3.06. The first-order valence-electron chi connectivity index (χ1n) is 7.00. The van der Waals surface area contributed by atoms with E-state index in [1.165, 1.54) is 6.08 Å². The number of carboxylic acid groups (broad SMARTS) is 1. The zero-order valence-corrected chi connectivity index (χ0v) is 11.7. The fraction of sp³-hybridized carbons (Fsp3) is 0.312. The van der Waals surface area contributed by atoms with E-state index in [1.54, 1.807) is 6.08 Å². The number of carbonyl (C=O) groups excluding carboxylic acids is 2. The van der Waals surface area contributed by atoms with Crippen molar-refractivity contribution in [1.82, 2.24) is 4.90 Å².